The van der Waals surface area contributed by atoms with Gasteiger partial charge in [0.15, 0.2) is 0 Å². The molecule has 0 saturated carbocycles. The average Bonchev–Trinajstić information content (AvgIpc) is 2.61. The molecule has 2 rings (SSSR count). The largest absolute Gasteiger partial charge is 0.511 e. The molecule has 0 radical (unpaired) electrons. The number of hydrogen-bond acceptors (Lipinski definition) is 4. The summed E-state index contributed by atoms with van der Waals surface area (Å²) in [5.74, 6) is 0.833. The Balaban J connectivity index is 2.25. The van der Waals surface area contributed by atoms with Gasteiger partial charge in [0.05, 0.1) is 26.8 Å². The van der Waals surface area contributed by atoms with Gasteiger partial charge in [0, 0.05) is 30.8 Å². The zero-order valence-corrected chi connectivity index (χ0v) is 17.9. The molecule has 5 nitrogen and oxygen atoms in total. The van der Waals surface area contributed by atoms with Crippen molar-refractivity contribution in [3.63, 3.8) is 0 Å². The summed E-state index contributed by atoms with van der Waals surface area (Å²) in [7, 11) is -1.70. The van der Waals surface area contributed by atoms with Gasteiger partial charge < -0.3 is 9.64 Å². The zero-order valence-electron chi connectivity index (χ0n) is 16.3. The third-order valence-corrected chi connectivity index (χ3v) is 5.91. The van der Waals surface area contributed by atoms with Crippen LogP contribution in [0.3, 0.4) is 0 Å². The molecule has 0 heterocycles. The van der Waals surface area contributed by atoms with Crippen molar-refractivity contribution in [2.75, 3.05) is 19.8 Å². The lowest BCUT2D eigenvalue weighted by Gasteiger charge is -2.13. The Morgan fingerprint density at radius 2 is 1.86 bits per heavy atom. The number of rotatable bonds is 6. The molecule has 1 atom stereocenters. The van der Waals surface area contributed by atoms with E-state index in [0.717, 1.165) is 18.4 Å². The highest BCUT2D eigenvalue weighted by atomic mass is 35.5. The van der Waals surface area contributed by atoms with Crippen molar-refractivity contribution in [2.45, 2.75) is 25.0 Å². The van der Waals surface area contributed by atoms with Crippen molar-refractivity contribution in [3.05, 3.63) is 47.0 Å². The number of aliphatic imine (C=N–C) groups is 1. The molecule has 29 heavy (non-hydrogen) atoms. The molecule has 10 heteroatoms. The van der Waals surface area contributed by atoms with E-state index in [9.17, 15) is 17.4 Å². The Labute approximate surface area is 173 Å². The SMILES string of the molecule is CCN(C)C=Nc1cc(C)c(Oc2ccc(S(C)(=O)=NC(F)(F)F)cc2)cc1Cl. The van der Waals surface area contributed by atoms with E-state index in [1.165, 1.54) is 24.3 Å². The quantitative estimate of drug-likeness (QED) is 0.308. The first-order chi connectivity index (χ1) is 13.4. The first-order valence-electron chi connectivity index (χ1n) is 8.54. The standard InChI is InChI=1S/C19H21ClF3N3O2S/c1-5-26(3)12-24-17-10-13(2)18(11-16(17)20)28-14-6-8-15(9-7-14)29(4,27)25-19(21,22)23/h6-12H,5H2,1-4H3. The van der Waals surface area contributed by atoms with Crippen molar-refractivity contribution in [1.29, 1.82) is 0 Å². The smallest absolute Gasteiger partial charge is 0.457 e. The highest BCUT2D eigenvalue weighted by Crippen LogP contribution is 2.35. The van der Waals surface area contributed by atoms with Gasteiger partial charge in [-0.2, -0.15) is 0 Å². The Bertz CT molecular complexity index is 1010. The lowest BCUT2D eigenvalue weighted by atomic mass is 10.2. The van der Waals surface area contributed by atoms with E-state index < -0.39 is 16.0 Å². The molecule has 0 aliphatic heterocycles. The minimum absolute atomic E-state index is 0.0401. The molecule has 0 aliphatic carbocycles. The number of nitrogens with zero attached hydrogens (tertiary/aromatic N) is 3. The zero-order chi connectivity index (χ0) is 21.8. The maximum absolute atomic E-state index is 12.4. The van der Waals surface area contributed by atoms with Gasteiger partial charge in [-0.05, 0) is 49.7 Å². The second-order valence-electron chi connectivity index (χ2n) is 6.32. The normalized spacial score (nSPS) is 13.9. The highest BCUT2D eigenvalue weighted by molar-refractivity contribution is 7.93. The van der Waals surface area contributed by atoms with Crippen LogP contribution < -0.4 is 4.74 Å². The molecular weight excluding hydrogens is 427 g/mol. The molecule has 158 valence electrons. The maximum Gasteiger partial charge on any atom is 0.511 e. The van der Waals surface area contributed by atoms with Gasteiger partial charge in [0.1, 0.15) is 11.5 Å². The van der Waals surface area contributed by atoms with E-state index in [2.05, 4.69) is 9.36 Å². The van der Waals surface area contributed by atoms with Crippen LogP contribution >= 0.6 is 11.6 Å². The van der Waals surface area contributed by atoms with Gasteiger partial charge in [-0.25, -0.2) is 9.20 Å². The van der Waals surface area contributed by atoms with Crippen LogP contribution in [0.15, 0.2) is 50.6 Å². The van der Waals surface area contributed by atoms with Crippen molar-refractivity contribution >= 4 is 33.4 Å². The van der Waals surface area contributed by atoms with Crippen LogP contribution in [0, 0.1) is 6.92 Å². The van der Waals surface area contributed by atoms with Crippen LogP contribution in [0.1, 0.15) is 12.5 Å². The van der Waals surface area contributed by atoms with Crippen LogP contribution in [0.5, 0.6) is 11.5 Å². The predicted octanol–water partition coefficient (Wildman–Crippen LogP) is 6.03. The molecule has 0 N–H and O–H groups in total. The summed E-state index contributed by atoms with van der Waals surface area (Å²) in [4.78, 5) is 6.19. The first kappa shape index (κ1) is 23.0. The molecule has 1 unspecified atom stereocenters. The number of aryl methyl sites for hydroxylation is 1. The number of alkyl halides is 3. The van der Waals surface area contributed by atoms with Crippen molar-refractivity contribution in [1.82, 2.24) is 4.90 Å². The summed E-state index contributed by atoms with van der Waals surface area (Å²) < 4.78 is 57.7. The number of benzene rings is 2. The molecule has 2 aromatic rings. The average molecular weight is 448 g/mol. The molecular formula is C19H21ClF3N3O2S. The van der Waals surface area contributed by atoms with E-state index in [4.69, 9.17) is 16.3 Å². The van der Waals surface area contributed by atoms with Crippen LogP contribution in [0.25, 0.3) is 0 Å². The fourth-order valence-electron chi connectivity index (χ4n) is 2.24. The van der Waals surface area contributed by atoms with Crippen LogP contribution in [-0.2, 0) is 9.73 Å². The molecule has 0 fully saturated rings. The summed E-state index contributed by atoms with van der Waals surface area (Å²) in [5, 5.41) is 0.392. The van der Waals surface area contributed by atoms with E-state index in [1.54, 1.807) is 18.5 Å². The highest BCUT2D eigenvalue weighted by Gasteiger charge is 2.29. The predicted molar refractivity (Wildman–Crippen MR) is 110 cm³/mol. The minimum atomic E-state index is -4.87. The summed E-state index contributed by atoms with van der Waals surface area (Å²) in [6, 6.07) is 8.84. The monoisotopic (exact) mass is 447 g/mol. The van der Waals surface area contributed by atoms with Gasteiger partial charge >= 0.3 is 6.30 Å². The topological polar surface area (TPSA) is 54.3 Å². The fourth-order valence-corrected chi connectivity index (χ4v) is 3.58. The van der Waals surface area contributed by atoms with Crippen LogP contribution in [0.4, 0.5) is 18.9 Å². The second-order valence-corrected chi connectivity index (χ2v) is 8.99. The van der Waals surface area contributed by atoms with Crippen molar-refractivity contribution in [3.8, 4) is 11.5 Å². The van der Waals surface area contributed by atoms with Crippen molar-refractivity contribution in [2.24, 2.45) is 9.36 Å². The Hall–Kier alpha value is -2.26. The van der Waals surface area contributed by atoms with Crippen molar-refractivity contribution < 1.29 is 22.1 Å². The van der Waals surface area contributed by atoms with E-state index in [0.29, 0.717) is 22.2 Å². The Morgan fingerprint density at radius 3 is 2.41 bits per heavy atom. The Kier molecular flexibility index (Phi) is 7.18. The molecule has 0 aliphatic rings. The van der Waals surface area contributed by atoms with Gasteiger partial charge in [0.2, 0.25) is 0 Å². The molecule has 0 aromatic heterocycles. The molecule has 0 amide bonds. The van der Waals surface area contributed by atoms with Crippen LogP contribution in [0.2, 0.25) is 5.02 Å². The van der Waals surface area contributed by atoms with Crippen LogP contribution in [-0.4, -0.2) is 41.6 Å². The number of ether oxygens (including phenoxy) is 1. The second kappa shape index (κ2) is 9.04. The van der Waals surface area contributed by atoms with Gasteiger partial charge in [-0.1, -0.05) is 11.6 Å². The Morgan fingerprint density at radius 1 is 1.24 bits per heavy atom. The van der Waals surface area contributed by atoms with E-state index >= 15 is 0 Å². The van der Waals surface area contributed by atoms with E-state index in [-0.39, 0.29) is 4.90 Å². The lowest BCUT2D eigenvalue weighted by molar-refractivity contribution is -0.117. The fraction of sp³-hybridized carbons (Fsp3) is 0.316. The summed E-state index contributed by atoms with van der Waals surface area (Å²) in [6.07, 6.45) is -2.26. The van der Waals surface area contributed by atoms with Gasteiger partial charge in [0.25, 0.3) is 0 Å². The first-order valence-corrected chi connectivity index (χ1v) is 10.8. The minimum Gasteiger partial charge on any atom is -0.457 e. The summed E-state index contributed by atoms with van der Waals surface area (Å²) in [6.45, 7) is 4.62. The van der Waals surface area contributed by atoms with E-state index in [1.807, 2.05) is 25.8 Å². The number of halogens is 4. The molecule has 0 saturated heterocycles. The third-order valence-electron chi connectivity index (χ3n) is 3.90. The molecule has 0 spiro atoms. The molecule has 0 bridgehead atoms. The lowest BCUT2D eigenvalue weighted by Crippen LogP contribution is -2.14. The maximum atomic E-state index is 12.4. The summed E-state index contributed by atoms with van der Waals surface area (Å²) >= 11 is 6.27. The third kappa shape index (κ3) is 6.64. The summed E-state index contributed by atoms with van der Waals surface area (Å²) in [5.41, 5.74) is 1.36. The number of hydrogen-bond donors (Lipinski definition) is 0. The van der Waals surface area contributed by atoms with Gasteiger partial charge in [-0.3, -0.25) is 0 Å². The van der Waals surface area contributed by atoms with Gasteiger partial charge in [-0.15, -0.1) is 17.5 Å². The molecule has 2 aromatic carbocycles.